The molecular formula is C22H28N4O. The molecule has 27 heavy (non-hydrogen) atoms. The number of carbonyl (C=O) groups is 1. The predicted molar refractivity (Wildman–Crippen MR) is 106 cm³/mol. The Morgan fingerprint density at radius 3 is 2.89 bits per heavy atom. The van der Waals surface area contributed by atoms with Gasteiger partial charge in [0, 0.05) is 37.9 Å². The van der Waals surface area contributed by atoms with Gasteiger partial charge in [-0.1, -0.05) is 20.8 Å². The Kier molecular flexibility index (Phi) is 3.65. The highest BCUT2D eigenvalue weighted by molar-refractivity contribution is 5.82. The number of hydrogen-bond acceptors (Lipinski definition) is 3. The summed E-state index contributed by atoms with van der Waals surface area (Å²) in [4.78, 5) is 22.3. The number of amides is 1. The summed E-state index contributed by atoms with van der Waals surface area (Å²) in [6, 6.07) is 8.54. The zero-order chi connectivity index (χ0) is 18.8. The molecule has 3 unspecified atom stereocenters. The van der Waals surface area contributed by atoms with E-state index in [1.54, 1.807) is 0 Å². The zero-order valence-electron chi connectivity index (χ0n) is 16.4. The number of likely N-dealkylation sites (tertiary alicyclic amines) is 1. The highest BCUT2D eigenvalue weighted by Gasteiger charge is 2.53. The number of aromatic nitrogens is 2. The van der Waals surface area contributed by atoms with E-state index in [2.05, 4.69) is 64.5 Å². The predicted octanol–water partition coefficient (Wildman–Crippen LogP) is 3.43. The molecule has 0 N–H and O–H groups in total. The highest BCUT2D eigenvalue weighted by atomic mass is 16.2. The molecule has 1 amide bonds. The van der Waals surface area contributed by atoms with Gasteiger partial charge < -0.3 is 14.4 Å². The number of nitrogens with zero attached hydrogens (tertiary/aromatic N) is 4. The number of pyridine rings is 1. The van der Waals surface area contributed by atoms with Gasteiger partial charge >= 0.3 is 0 Å². The van der Waals surface area contributed by atoms with Gasteiger partial charge in [0.05, 0.1) is 11.4 Å². The molecule has 2 fully saturated rings. The van der Waals surface area contributed by atoms with Crippen LogP contribution in [0.5, 0.6) is 0 Å². The third kappa shape index (κ3) is 2.43. The molecule has 142 valence electrons. The maximum absolute atomic E-state index is 13.0. The van der Waals surface area contributed by atoms with E-state index in [-0.39, 0.29) is 11.5 Å². The molecule has 5 nitrogen and oxygen atoms in total. The molecular weight excluding hydrogens is 336 g/mol. The number of fused-ring (bicyclic) bond motifs is 4. The quantitative estimate of drug-likeness (QED) is 0.838. The highest BCUT2D eigenvalue weighted by Crippen LogP contribution is 2.48. The van der Waals surface area contributed by atoms with E-state index in [1.165, 1.54) is 11.4 Å². The van der Waals surface area contributed by atoms with Crippen LogP contribution in [0.25, 0.3) is 5.82 Å². The van der Waals surface area contributed by atoms with Gasteiger partial charge in [-0.15, -0.1) is 0 Å². The van der Waals surface area contributed by atoms with Crippen LogP contribution in [0.15, 0.2) is 36.7 Å². The van der Waals surface area contributed by atoms with Crippen molar-refractivity contribution in [1.29, 1.82) is 0 Å². The third-order valence-corrected chi connectivity index (χ3v) is 6.56. The molecule has 0 radical (unpaired) electrons. The van der Waals surface area contributed by atoms with E-state index in [4.69, 9.17) is 0 Å². The van der Waals surface area contributed by atoms with Crippen molar-refractivity contribution in [3.05, 3.63) is 42.4 Å². The summed E-state index contributed by atoms with van der Waals surface area (Å²) in [5.74, 6) is 2.71. The van der Waals surface area contributed by atoms with Crippen molar-refractivity contribution in [1.82, 2.24) is 14.5 Å². The second kappa shape index (κ2) is 5.85. The number of rotatable bonds is 3. The summed E-state index contributed by atoms with van der Waals surface area (Å²) < 4.78 is 2.24. The van der Waals surface area contributed by atoms with Crippen LogP contribution >= 0.6 is 0 Å². The molecule has 4 heterocycles. The molecule has 0 bridgehead atoms. The first-order chi connectivity index (χ1) is 13.0. The molecule has 2 aliphatic heterocycles. The fourth-order valence-corrected chi connectivity index (χ4v) is 5.05. The van der Waals surface area contributed by atoms with Crippen molar-refractivity contribution in [2.24, 2.45) is 17.8 Å². The van der Waals surface area contributed by atoms with Gasteiger partial charge in [0.2, 0.25) is 5.91 Å². The SMILES string of the molecule is CC(C)CN1c2cccnc2-n2cccc2C12CCN(C(=O)C1CC1C)C2. The lowest BCUT2D eigenvalue weighted by atomic mass is 9.88. The van der Waals surface area contributed by atoms with E-state index in [0.29, 0.717) is 17.7 Å². The van der Waals surface area contributed by atoms with Crippen LogP contribution < -0.4 is 4.90 Å². The number of hydrogen-bond donors (Lipinski definition) is 0. The van der Waals surface area contributed by atoms with Crippen LogP contribution in [0.1, 0.15) is 39.3 Å². The minimum absolute atomic E-state index is 0.155. The van der Waals surface area contributed by atoms with E-state index in [9.17, 15) is 4.79 Å². The molecule has 3 atom stereocenters. The molecule has 1 saturated carbocycles. The van der Waals surface area contributed by atoms with Crippen molar-refractivity contribution in [3.8, 4) is 5.82 Å². The summed E-state index contributed by atoms with van der Waals surface area (Å²) in [5.41, 5.74) is 2.30. The van der Waals surface area contributed by atoms with Gasteiger partial charge in [-0.05, 0) is 48.9 Å². The van der Waals surface area contributed by atoms with E-state index in [1.807, 2.05) is 12.3 Å². The molecule has 1 saturated heterocycles. The van der Waals surface area contributed by atoms with Crippen LogP contribution in [0.4, 0.5) is 5.69 Å². The first kappa shape index (κ1) is 16.8. The molecule has 0 aromatic carbocycles. The summed E-state index contributed by atoms with van der Waals surface area (Å²) in [7, 11) is 0. The average molecular weight is 364 g/mol. The Labute approximate surface area is 161 Å². The average Bonchev–Trinajstić information content (AvgIpc) is 3.06. The first-order valence-corrected chi connectivity index (χ1v) is 10.2. The van der Waals surface area contributed by atoms with Crippen LogP contribution in [0, 0.1) is 17.8 Å². The normalized spacial score (nSPS) is 28.6. The Morgan fingerprint density at radius 2 is 2.15 bits per heavy atom. The van der Waals surface area contributed by atoms with Crippen LogP contribution in [-0.4, -0.2) is 40.0 Å². The first-order valence-electron chi connectivity index (χ1n) is 10.2. The Balaban J connectivity index is 1.59. The molecule has 5 heteroatoms. The largest absolute Gasteiger partial charge is 0.355 e. The van der Waals surface area contributed by atoms with Gasteiger partial charge in [-0.3, -0.25) is 4.79 Å². The summed E-state index contributed by atoms with van der Waals surface area (Å²) >= 11 is 0. The van der Waals surface area contributed by atoms with E-state index in [0.717, 1.165) is 38.3 Å². The van der Waals surface area contributed by atoms with Gasteiger partial charge in [-0.25, -0.2) is 4.98 Å². The zero-order valence-corrected chi connectivity index (χ0v) is 16.4. The van der Waals surface area contributed by atoms with Gasteiger partial charge in [0.25, 0.3) is 0 Å². The standard InChI is InChI=1S/C22H28N4O/c1-15(2)13-26-18-6-4-9-23-20(18)25-10-5-7-19(25)22(26)8-11-24(14-22)21(27)17-12-16(17)3/h4-7,9-10,15-17H,8,11-14H2,1-3H3. The number of carbonyl (C=O) groups excluding carboxylic acids is 1. The molecule has 3 aliphatic rings. The minimum atomic E-state index is -0.155. The van der Waals surface area contributed by atoms with Gasteiger partial charge in [0.1, 0.15) is 5.54 Å². The molecule has 1 aliphatic carbocycles. The van der Waals surface area contributed by atoms with Crippen LogP contribution in [0.3, 0.4) is 0 Å². The monoisotopic (exact) mass is 364 g/mol. The second-order valence-electron chi connectivity index (χ2n) is 8.97. The smallest absolute Gasteiger partial charge is 0.226 e. The van der Waals surface area contributed by atoms with Crippen molar-refractivity contribution in [2.45, 2.75) is 39.2 Å². The fourth-order valence-electron chi connectivity index (χ4n) is 5.05. The lowest BCUT2D eigenvalue weighted by molar-refractivity contribution is -0.132. The summed E-state index contributed by atoms with van der Waals surface area (Å²) in [6.07, 6.45) is 6.02. The summed E-state index contributed by atoms with van der Waals surface area (Å²) in [5, 5.41) is 0. The van der Waals surface area contributed by atoms with Crippen molar-refractivity contribution >= 4 is 11.6 Å². The fraction of sp³-hybridized carbons (Fsp3) is 0.545. The van der Waals surface area contributed by atoms with Crippen molar-refractivity contribution in [3.63, 3.8) is 0 Å². The van der Waals surface area contributed by atoms with E-state index < -0.39 is 0 Å². The van der Waals surface area contributed by atoms with Crippen molar-refractivity contribution in [2.75, 3.05) is 24.5 Å². The van der Waals surface area contributed by atoms with Gasteiger partial charge in [0.15, 0.2) is 5.82 Å². The number of anilines is 1. The molecule has 2 aromatic rings. The lowest BCUT2D eigenvalue weighted by Crippen LogP contribution is -2.54. The maximum Gasteiger partial charge on any atom is 0.226 e. The van der Waals surface area contributed by atoms with E-state index >= 15 is 0 Å². The van der Waals surface area contributed by atoms with Crippen LogP contribution in [0.2, 0.25) is 0 Å². The summed E-state index contributed by atoms with van der Waals surface area (Å²) in [6.45, 7) is 9.30. The van der Waals surface area contributed by atoms with Crippen molar-refractivity contribution < 1.29 is 4.79 Å². The second-order valence-corrected chi connectivity index (χ2v) is 8.97. The third-order valence-electron chi connectivity index (χ3n) is 6.56. The molecule has 5 rings (SSSR count). The Morgan fingerprint density at radius 1 is 1.33 bits per heavy atom. The molecule has 1 spiro atoms. The lowest BCUT2D eigenvalue weighted by Gasteiger charge is -2.47. The van der Waals surface area contributed by atoms with Gasteiger partial charge in [-0.2, -0.15) is 0 Å². The maximum atomic E-state index is 13.0. The Hall–Kier alpha value is -2.30. The topological polar surface area (TPSA) is 41.4 Å². The Bertz CT molecular complexity index is 888. The molecule has 2 aromatic heterocycles. The van der Waals surface area contributed by atoms with Crippen LogP contribution in [-0.2, 0) is 10.3 Å². The minimum Gasteiger partial charge on any atom is -0.355 e.